The van der Waals surface area contributed by atoms with Crippen LogP contribution in [0.3, 0.4) is 0 Å². The van der Waals surface area contributed by atoms with Crippen molar-refractivity contribution in [3.63, 3.8) is 0 Å². The van der Waals surface area contributed by atoms with Gasteiger partial charge in [0, 0.05) is 12.0 Å². The first-order valence-electron chi connectivity index (χ1n) is 4.72. The fourth-order valence-electron chi connectivity index (χ4n) is 2.26. The second kappa shape index (κ2) is 3.36. The summed E-state index contributed by atoms with van der Waals surface area (Å²) in [5.74, 6) is 0.928. The predicted octanol–water partition coefficient (Wildman–Crippen LogP) is 1.70. The van der Waals surface area contributed by atoms with E-state index < -0.39 is 0 Å². The Morgan fingerprint density at radius 1 is 1.71 bits per heavy atom. The van der Waals surface area contributed by atoms with E-state index in [-0.39, 0.29) is 11.5 Å². The third-order valence-corrected chi connectivity index (χ3v) is 3.40. The van der Waals surface area contributed by atoms with E-state index in [1.165, 1.54) is 0 Å². The number of aliphatic hydroxyl groups is 1. The molecule has 0 unspecified atom stereocenters. The van der Waals surface area contributed by atoms with Crippen LogP contribution in [0.2, 0.25) is 0 Å². The molecule has 2 rings (SSSR count). The third-order valence-electron chi connectivity index (χ3n) is 3.01. The van der Waals surface area contributed by atoms with Crippen molar-refractivity contribution in [2.75, 3.05) is 6.54 Å². The zero-order chi connectivity index (χ0) is 10.3. The summed E-state index contributed by atoms with van der Waals surface area (Å²) in [7, 11) is 0. The minimum Gasteiger partial charge on any atom is -0.453 e. The van der Waals surface area contributed by atoms with Gasteiger partial charge in [-0.25, -0.2) is 0 Å². The van der Waals surface area contributed by atoms with Gasteiger partial charge in [0.15, 0.2) is 4.67 Å². The monoisotopic (exact) mass is 259 g/mol. The number of hydrogen-bond acceptors (Lipinski definition) is 3. The molecule has 1 aromatic rings. The van der Waals surface area contributed by atoms with Crippen LogP contribution in [0.4, 0.5) is 0 Å². The van der Waals surface area contributed by atoms with Crippen LogP contribution in [0.15, 0.2) is 15.2 Å². The molecule has 0 saturated heterocycles. The number of furan rings is 1. The highest BCUT2D eigenvalue weighted by molar-refractivity contribution is 9.10. The summed E-state index contributed by atoms with van der Waals surface area (Å²) in [6.45, 7) is 2.54. The Morgan fingerprint density at radius 3 is 2.71 bits per heavy atom. The summed E-state index contributed by atoms with van der Waals surface area (Å²) in [6.07, 6.45) is 1.20. The van der Waals surface area contributed by atoms with E-state index in [1.54, 1.807) is 0 Å². The Hall–Kier alpha value is -0.320. The molecule has 4 heteroatoms. The first-order valence-corrected chi connectivity index (χ1v) is 5.51. The van der Waals surface area contributed by atoms with E-state index >= 15 is 0 Å². The van der Waals surface area contributed by atoms with Gasteiger partial charge in [-0.1, -0.05) is 0 Å². The highest BCUT2D eigenvalue weighted by Crippen LogP contribution is 2.45. The van der Waals surface area contributed by atoms with Gasteiger partial charge in [-0.2, -0.15) is 0 Å². The lowest BCUT2D eigenvalue weighted by atomic mass is 9.64. The van der Waals surface area contributed by atoms with E-state index in [1.807, 2.05) is 13.0 Å². The number of nitrogens with two attached hydrogens (primary N) is 1. The van der Waals surface area contributed by atoms with Crippen molar-refractivity contribution < 1.29 is 9.52 Å². The highest BCUT2D eigenvalue weighted by atomic mass is 79.9. The van der Waals surface area contributed by atoms with Crippen molar-refractivity contribution in [1.29, 1.82) is 0 Å². The van der Waals surface area contributed by atoms with Crippen LogP contribution in [0.5, 0.6) is 0 Å². The molecule has 1 heterocycles. The Balaban J connectivity index is 2.33. The molecule has 14 heavy (non-hydrogen) atoms. The van der Waals surface area contributed by atoms with Crippen LogP contribution in [-0.4, -0.2) is 17.8 Å². The molecule has 0 aliphatic heterocycles. The number of aryl methyl sites for hydroxylation is 1. The molecule has 1 aliphatic rings. The van der Waals surface area contributed by atoms with Crippen molar-refractivity contribution >= 4 is 15.9 Å². The largest absolute Gasteiger partial charge is 0.453 e. The minimum atomic E-state index is -0.221. The smallest absolute Gasteiger partial charge is 0.169 e. The zero-order valence-corrected chi connectivity index (χ0v) is 9.67. The molecule has 0 amide bonds. The lowest BCUT2D eigenvalue weighted by molar-refractivity contribution is 0.0107. The zero-order valence-electron chi connectivity index (χ0n) is 8.09. The summed E-state index contributed by atoms with van der Waals surface area (Å²) in [4.78, 5) is 0. The lowest BCUT2D eigenvalue weighted by Gasteiger charge is -2.43. The topological polar surface area (TPSA) is 59.4 Å². The molecule has 0 spiro atoms. The van der Waals surface area contributed by atoms with Crippen LogP contribution in [0, 0.1) is 6.92 Å². The maximum atomic E-state index is 9.36. The Labute approximate surface area is 91.4 Å². The Morgan fingerprint density at radius 2 is 2.36 bits per heavy atom. The molecule has 1 aliphatic carbocycles. The summed E-state index contributed by atoms with van der Waals surface area (Å²) in [6, 6.07) is 1.94. The molecule has 0 aromatic carbocycles. The maximum Gasteiger partial charge on any atom is 0.169 e. The molecule has 0 bridgehead atoms. The van der Waals surface area contributed by atoms with Gasteiger partial charge in [-0.05, 0) is 47.3 Å². The van der Waals surface area contributed by atoms with E-state index in [2.05, 4.69) is 15.9 Å². The Kier molecular flexibility index (Phi) is 2.45. The number of rotatable bonds is 2. The molecule has 78 valence electrons. The van der Waals surface area contributed by atoms with Crippen molar-refractivity contribution in [2.24, 2.45) is 5.73 Å². The first-order chi connectivity index (χ1) is 6.57. The van der Waals surface area contributed by atoms with Gasteiger partial charge in [0.1, 0.15) is 5.76 Å². The van der Waals surface area contributed by atoms with Gasteiger partial charge in [0.2, 0.25) is 0 Å². The third kappa shape index (κ3) is 1.42. The van der Waals surface area contributed by atoms with Crippen LogP contribution in [0.1, 0.15) is 24.2 Å². The van der Waals surface area contributed by atoms with Gasteiger partial charge in [0.25, 0.3) is 0 Å². The molecule has 1 fully saturated rings. The van der Waals surface area contributed by atoms with Crippen LogP contribution in [0.25, 0.3) is 0 Å². The van der Waals surface area contributed by atoms with Gasteiger partial charge < -0.3 is 15.3 Å². The van der Waals surface area contributed by atoms with E-state index in [0.717, 1.165) is 16.0 Å². The van der Waals surface area contributed by atoms with Crippen molar-refractivity contribution in [2.45, 2.75) is 31.3 Å². The molecule has 1 aromatic heterocycles. The molecular weight excluding hydrogens is 246 g/mol. The van der Waals surface area contributed by atoms with Crippen LogP contribution < -0.4 is 5.73 Å². The van der Waals surface area contributed by atoms with Crippen LogP contribution in [-0.2, 0) is 5.41 Å². The second-order valence-electron chi connectivity index (χ2n) is 4.11. The lowest BCUT2D eigenvalue weighted by Crippen LogP contribution is -2.49. The molecule has 0 radical (unpaired) electrons. The average molecular weight is 260 g/mol. The molecule has 3 N–H and O–H groups in total. The molecule has 1 saturated carbocycles. The van der Waals surface area contributed by atoms with E-state index in [9.17, 15) is 5.11 Å². The molecule has 3 nitrogen and oxygen atoms in total. The summed E-state index contributed by atoms with van der Waals surface area (Å²) < 4.78 is 6.32. The van der Waals surface area contributed by atoms with Crippen LogP contribution >= 0.6 is 15.9 Å². The highest BCUT2D eigenvalue weighted by Gasteiger charge is 2.47. The fourth-order valence-corrected chi connectivity index (χ4v) is 2.76. The number of aliphatic hydroxyl groups excluding tert-OH is 1. The molecule has 0 atom stereocenters. The summed E-state index contributed by atoms with van der Waals surface area (Å²) in [5.41, 5.74) is 6.73. The minimum absolute atomic E-state index is 0.129. The van der Waals surface area contributed by atoms with Gasteiger partial charge in [0.05, 0.1) is 6.10 Å². The normalized spacial score (nSPS) is 31.6. The summed E-state index contributed by atoms with van der Waals surface area (Å²) >= 11 is 3.30. The van der Waals surface area contributed by atoms with E-state index in [4.69, 9.17) is 10.2 Å². The maximum absolute atomic E-state index is 9.36. The first kappa shape index (κ1) is 10.2. The van der Waals surface area contributed by atoms with Crippen molar-refractivity contribution in [3.8, 4) is 0 Å². The van der Waals surface area contributed by atoms with Gasteiger partial charge in [-0.3, -0.25) is 0 Å². The quantitative estimate of drug-likeness (QED) is 0.850. The second-order valence-corrected chi connectivity index (χ2v) is 4.89. The Bertz CT molecular complexity index is 342. The number of hydrogen-bond donors (Lipinski definition) is 2. The van der Waals surface area contributed by atoms with Gasteiger partial charge >= 0.3 is 0 Å². The van der Waals surface area contributed by atoms with E-state index in [0.29, 0.717) is 19.4 Å². The SMILES string of the molecule is Cc1cc(Br)oc1C1(CN)CC(O)C1. The van der Waals surface area contributed by atoms with Crippen molar-refractivity contribution in [1.82, 2.24) is 0 Å². The predicted molar refractivity (Wildman–Crippen MR) is 57.1 cm³/mol. The summed E-state index contributed by atoms with van der Waals surface area (Å²) in [5, 5.41) is 9.36. The number of halogens is 1. The van der Waals surface area contributed by atoms with Crippen molar-refractivity contribution in [3.05, 3.63) is 22.1 Å². The standard InChI is InChI=1S/C10H14BrNO2/c1-6-2-8(11)14-9(6)10(5-12)3-7(13)4-10/h2,7,13H,3-5,12H2,1H3. The van der Waals surface area contributed by atoms with Gasteiger partial charge in [-0.15, -0.1) is 0 Å². The molecular formula is C10H14BrNO2. The fraction of sp³-hybridized carbons (Fsp3) is 0.600. The average Bonchev–Trinajstić information content (AvgIpc) is 2.40.